The highest BCUT2D eigenvalue weighted by atomic mass is 16.3. The highest BCUT2D eigenvalue weighted by Gasteiger charge is 2.63. The molecule has 0 spiro atoms. The maximum Gasteiger partial charge on any atom is 0.136 e. The first kappa shape index (κ1) is 25.6. The second kappa shape index (κ2) is 8.87. The summed E-state index contributed by atoms with van der Waals surface area (Å²) in [4.78, 5) is 13.3. The molecule has 0 saturated heterocycles. The van der Waals surface area contributed by atoms with Gasteiger partial charge >= 0.3 is 0 Å². The number of ketones is 1. The fourth-order valence-electron chi connectivity index (χ4n) is 9.23. The highest BCUT2D eigenvalue weighted by Crippen LogP contribution is 2.67. The quantitative estimate of drug-likeness (QED) is 0.496. The topological polar surface area (TPSA) is 98.0 Å². The second-order valence-corrected chi connectivity index (χ2v) is 13.4. The molecule has 0 amide bonds. The smallest absolute Gasteiger partial charge is 0.136 e. The van der Waals surface area contributed by atoms with Crippen LogP contribution in [-0.2, 0) is 4.79 Å². The van der Waals surface area contributed by atoms with E-state index in [1.165, 1.54) is 0 Å². The Morgan fingerprint density at radius 3 is 2.15 bits per heavy atom. The summed E-state index contributed by atoms with van der Waals surface area (Å²) in [6.07, 6.45) is 2.80. The zero-order chi connectivity index (χ0) is 24.5. The summed E-state index contributed by atoms with van der Waals surface area (Å²) in [6, 6.07) is 0. The number of Topliss-reactive ketones (excluding diaryl/α,β-unsaturated/α-hetero) is 1. The number of rotatable bonds is 5. The van der Waals surface area contributed by atoms with E-state index in [1.807, 2.05) is 6.92 Å². The lowest BCUT2D eigenvalue weighted by Gasteiger charge is -2.61. The Hall–Kier alpha value is -0.490. The van der Waals surface area contributed by atoms with Crippen LogP contribution in [0.15, 0.2) is 0 Å². The number of aliphatic hydroxyl groups excluding tert-OH is 4. The Morgan fingerprint density at radius 2 is 1.52 bits per heavy atom. The van der Waals surface area contributed by atoms with Gasteiger partial charge in [-0.25, -0.2) is 0 Å². The van der Waals surface area contributed by atoms with E-state index in [-0.39, 0.29) is 34.4 Å². The molecule has 4 aliphatic rings. The maximum absolute atomic E-state index is 13.3. The minimum absolute atomic E-state index is 0.0158. The summed E-state index contributed by atoms with van der Waals surface area (Å²) in [5.41, 5.74) is -0.162. The van der Waals surface area contributed by atoms with Gasteiger partial charge in [-0.1, -0.05) is 41.5 Å². The molecule has 5 nitrogen and oxygen atoms in total. The van der Waals surface area contributed by atoms with E-state index in [9.17, 15) is 25.2 Å². The molecule has 4 fully saturated rings. The molecule has 13 atom stereocenters. The number of hydrogen-bond acceptors (Lipinski definition) is 5. The van der Waals surface area contributed by atoms with Crippen LogP contribution in [0.1, 0.15) is 86.5 Å². The summed E-state index contributed by atoms with van der Waals surface area (Å²) in [7, 11) is 0. The van der Waals surface area contributed by atoms with E-state index in [0.717, 1.165) is 25.7 Å². The van der Waals surface area contributed by atoms with E-state index in [1.54, 1.807) is 0 Å². The van der Waals surface area contributed by atoms with E-state index >= 15 is 0 Å². The standard InChI is InChI=1S/C28H48O5/c1-14(2)15(3)25(32)26(33)16(4)18-7-8-19-17-11-22(29)21-12-23(30)24(31)13-28(21,6)20(17)9-10-27(18,19)5/h14-21,23-26,30-33H,7-13H2,1-6H3/t15-,16-,17?,18+,19?,20?,21?,23-,24+,25+,26+,27+,28+/m0/s1. The minimum atomic E-state index is -0.782. The second-order valence-electron chi connectivity index (χ2n) is 13.4. The van der Waals surface area contributed by atoms with E-state index in [2.05, 4.69) is 34.6 Å². The van der Waals surface area contributed by atoms with Crippen molar-refractivity contribution in [2.24, 2.45) is 58.2 Å². The van der Waals surface area contributed by atoms with Gasteiger partial charge in [0.15, 0.2) is 0 Å². The Bertz CT molecular complexity index is 738. The summed E-state index contributed by atoms with van der Waals surface area (Å²) < 4.78 is 0. The Labute approximate surface area is 200 Å². The van der Waals surface area contributed by atoms with Gasteiger partial charge in [0.05, 0.1) is 24.4 Å². The first-order chi connectivity index (χ1) is 15.3. The molecule has 4 N–H and O–H groups in total. The van der Waals surface area contributed by atoms with Gasteiger partial charge in [0.25, 0.3) is 0 Å². The number of aliphatic hydroxyl groups is 4. The van der Waals surface area contributed by atoms with Crippen LogP contribution in [0.25, 0.3) is 0 Å². The molecule has 0 heterocycles. The van der Waals surface area contributed by atoms with Crippen LogP contribution < -0.4 is 0 Å². The molecular formula is C28H48O5. The predicted molar refractivity (Wildman–Crippen MR) is 128 cm³/mol. The lowest BCUT2D eigenvalue weighted by molar-refractivity contribution is -0.175. The molecule has 4 unspecified atom stereocenters. The monoisotopic (exact) mass is 464 g/mol. The molecule has 4 rings (SSSR count). The summed E-state index contributed by atoms with van der Waals surface area (Å²) in [6.45, 7) is 12.9. The summed E-state index contributed by atoms with van der Waals surface area (Å²) >= 11 is 0. The van der Waals surface area contributed by atoms with Gasteiger partial charge in [0, 0.05) is 12.3 Å². The van der Waals surface area contributed by atoms with Gasteiger partial charge in [-0.05, 0) is 90.8 Å². The number of carbonyl (C=O) groups is 1. The van der Waals surface area contributed by atoms with Crippen LogP contribution in [0.5, 0.6) is 0 Å². The highest BCUT2D eigenvalue weighted by molar-refractivity contribution is 5.83. The van der Waals surface area contributed by atoms with Crippen molar-refractivity contribution in [3.8, 4) is 0 Å². The molecule has 0 aromatic carbocycles. The fraction of sp³-hybridized carbons (Fsp3) is 0.964. The normalized spacial score (nSPS) is 49.1. The van der Waals surface area contributed by atoms with E-state index in [4.69, 9.17) is 0 Å². The Balaban J connectivity index is 1.56. The first-order valence-electron chi connectivity index (χ1n) is 13.6. The van der Waals surface area contributed by atoms with Crippen molar-refractivity contribution in [2.75, 3.05) is 0 Å². The average molecular weight is 465 g/mol. The zero-order valence-electron chi connectivity index (χ0n) is 21.6. The predicted octanol–water partition coefficient (Wildman–Crippen LogP) is 3.81. The average Bonchev–Trinajstić information content (AvgIpc) is 3.10. The Morgan fingerprint density at radius 1 is 0.879 bits per heavy atom. The van der Waals surface area contributed by atoms with Gasteiger partial charge in [-0.15, -0.1) is 0 Å². The summed E-state index contributed by atoms with van der Waals surface area (Å²) in [5, 5.41) is 42.8. The lowest BCUT2D eigenvalue weighted by Crippen LogP contribution is -2.59. The van der Waals surface area contributed by atoms with Crippen molar-refractivity contribution in [3.63, 3.8) is 0 Å². The molecule has 190 valence electrons. The van der Waals surface area contributed by atoms with Crippen molar-refractivity contribution < 1.29 is 25.2 Å². The lowest BCUT2D eigenvalue weighted by atomic mass is 9.44. The third-order valence-electron chi connectivity index (χ3n) is 11.7. The zero-order valence-corrected chi connectivity index (χ0v) is 21.6. The minimum Gasteiger partial charge on any atom is -0.390 e. The van der Waals surface area contributed by atoms with Crippen LogP contribution in [0.3, 0.4) is 0 Å². The van der Waals surface area contributed by atoms with Gasteiger partial charge in [-0.3, -0.25) is 4.79 Å². The van der Waals surface area contributed by atoms with Gasteiger partial charge in [0.2, 0.25) is 0 Å². The molecule has 33 heavy (non-hydrogen) atoms. The molecular weight excluding hydrogens is 416 g/mol. The van der Waals surface area contributed by atoms with Crippen LogP contribution in [0, 0.1) is 58.2 Å². The SMILES string of the molecule is CC(C)[C@H](C)[C@@H](O)[C@H](O)[C@@H](C)[C@H]1CCC2C3CC(=O)C4C[C@H](O)[C@H](O)C[C@]4(C)C3CC[C@@]21C. The first-order valence-corrected chi connectivity index (χ1v) is 13.6. The third-order valence-corrected chi connectivity index (χ3v) is 11.7. The van der Waals surface area contributed by atoms with Crippen LogP contribution in [-0.4, -0.2) is 50.6 Å². The molecule has 5 heteroatoms. The summed E-state index contributed by atoms with van der Waals surface area (Å²) in [5.74, 6) is 2.05. The number of carbonyl (C=O) groups excluding carboxylic acids is 1. The van der Waals surface area contributed by atoms with Crippen LogP contribution in [0.2, 0.25) is 0 Å². The van der Waals surface area contributed by atoms with Crippen LogP contribution in [0.4, 0.5) is 0 Å². The molecule has 0 bridgehead atoms. The molecule has 0 aliphatic heterocycles. The maximum atomic E-state index is 13.3. The molecule has 0 aromatic heterocycles. The van der Waals surface area contributed by atoms with E-state index in [0.29, 0.717) is 48.9 Å². The fourth-order valence-corrected chi connectivity index (χ4v) is 9.23. The van der Waals surface area contributed by atoms with Crippen LogP contribution >= 0.6 is 0 Å². The third kappa shape index (κ3) is 3.93. The largest absolute Gasteiger partial charge is 0.390 e. The van der Waals surface area contributed by atoms with Crippen molar-refractivity contribution >= 4 is 5.78 Å². The molecule has 0 radical (unpaired) electrons. The number of hydrogen-bond donors (Lipinski definition) is 4. The van der Waals surface area contributed by atoms with Crippen molar-refractivity contribution in [2.45, 2.75) is 111 Å². The molecule has 4 aliphatic carbocycles. The van der Waals surface area contributed by atoms with Gasteiger partial charge in [-0.2, -0.15) is 0 Å². The van der Waals surface area contributed by atoms with E-state index < -0.39 is 24.4 Å². The number of fused-ring (bicyclic) bond motifs is 5. The van der Waals surface area contributed by atoms with Crippen molar-refractivity contribution in [3.05, 3.63) is 0 Å². The van der Waals surface area contributed by atoms with Crippen molar-refractivity contribution in [1.29, 1.82) is 0 Å². The van der Waals surface area contributed by atoms with Gasteiger partial charge in [0.1, 0.15) is 5.78 Å². The van der Waals surface area contributed by atoms with Crippen molar-refractivity contribution in [1.82, 2.24) is 0 Å². The molecule has 4 saturated carbocycles. The molecule has 0 aromatic rings. The van der Waals surface area contributed by atoms with Gasteiger partial charge < -0.3 is 20.4 Å². The Kier molecular flexibility index (Phi) is 6.88.